The molecule has 0 radical (unpaired) electrons. The van der Waals surface area contributed by atoms with Gasteiger partial charge >= 0.3 is 5.69 Å². The van der Waals surface area contributed by atoms with Crippen LogP contribution in [0.2, 0.25) is 0 Å². The van der Waals surface area contributed by atoms with Crippen molar-refractivity contribution in [1.29, 1.82) is 0 Å². The lowest BCUT2D eigenvalue weighted by Gasteiger charge is -2.18. The Morgan fingerprint density at radius 2 is 2.22 bits per heavy atom. The number of aliphatic hydroxyl groups is 1. The van der Waals surface area contributed by atoms with E-state index in [1.807, 2.05) is 13.8 Å². The molecular formula is C12H19N3O3. The standard InChI is InChI=1S/C12H19N3O3/c1-7-8(2)11(18-9(7)6-16)15-5-4-10(13-3)14-12(15)17/h4-5,7-9,11,16H,6H2,1-3H3,(H,13,14,17)/t7-,8?,9+,11+/m0/s1. The van der Waals surface area contributed by atoms with Crippen LogP contribution in [0, 0.1) is 11.8 Å². The third kappa shape index (κ3) is 2.13. The highest BCUT2D eigenvalue weighted by atomic mass is 16.5. The normalized spacial score (nSPS) is 31.6. The van der Waals surface area contributed by atoms with Gasteiger partial charge in [-0.2, -0.15) is 4.98 Å². The number of nitrogens with zero attached hydrogens (tertiary/aromatic N) is 2. The summed E-state index contributed by atoms with van der Waals surface area (Å²) >= 11 is 0. The van der Waals surface area contributed by atoms with Gasteiger partial charge in [0.1, 0.15) is 12.0 Å². The van der Waals surface area contributed by atoms with E-state index in [2.05, 4.69) is 10.3 Å². The zero-order chi connectivity index (χ0) is 13.3. The first-order chi connectivity index (χ1) is 8.58. The van der Waals surface area contributed by atoms with Gasteiger partial charge in [0.05, 0.1) is 12.7 Å². The predicted octanol–water partition coefficient (Wildman–Crippen LogP) is 0.447. The van der Waals surface area contributed by atoms with Crippen LogP contribution in [0.5, 0.6) is 0 Å². The lowest BCUT2D eigenvalue weighted by molar-refractivity contribution is -0.0375. The number of ether oxygens (including phenoxy) is 1. The number of rotatable bonds is 3. The van der Waals surface area contributed by atoms with Gasteiger partial charge in [-0.1, -0.05) is 13.8 Å². The quantitative estimate of drug-likeness (QED) is 0.817. The molecule has 0 spiro atoms. The lowest BCUT2D eigenvalue weighted by atomic mass is 9.93. The van der Waals surface area contributed by atoms with Crippen LogP contribution >= 0.6 is 0 Å². The number of anilines is 1. The predicted molar refractivity (Wildman–Crippen MR) is 67.4 cm³/mol. The zero-order valence-corrected chi connectivity index (χ0v) is 10.8. The summed E-state index contributed by atoms with van der Waals surface area (Å²) in [7, 11) is 1.71. The largest absolute Gasteiger partial charge is 0.394 e. The molecule has 2 rings (SSSR count). The first kappa shape index (κ1) is 13.0. The number of hydrogen-bond donors (Lipinski definition) is 2. The molecule has 0 amide bonds. The topological polar surface area (TPSA) is 76.4 Å². The van der Waals surface area contributed by atoms with Gasteiger partial charge in [0, 0.05) is 19.2 Å². The average Bonchev–Trinajstić information content (AvgIpc) is 2.66. The highest BCUT2D eigenvalue weighted by molar-refractivity contribution is 5.30. The molecule has 0 aliphatic carbocycles. The molecule has 0 saturated carbocycles. The Balaban J connectivity index is 2.30. The second-order valence-corrected chi connectivity index (χ2v) is 4.72. The van der Waals surface area contributed by atoms with Crippen LogP contribution in [0.15, 0.2) is 17.1 Å². The number of nitrogens with one attached hydrogen (secondary N) is 1. The molecule has 1 saturated heterocycles. The van der Waals surface area contributed by atoms with E-state index in [9.17, 15) is 9.90 Å². The molecule has 6 nitrogen and oxygen atoms in total. The summed E-state index contributed by atoms with van der Waals surface area (Å²) in [6, 6.07) is 1.73. The highest BCUT2D eigenvalue weighted by Crippen LogP contribution is 2.37. The van der Waals surface area contributed by atoms with E-state index in [0.29, 0.717) is 5.82 Å². The Morgan fingerprint density at radius 3 is 2.72 bits per heavy atom. The van der Waals surface area contributed by atoms with E-state index in [1.54, 1.807) is 19.3 Å². The third-order valence-electron chi connectivity index (χ3n) is 3.72. The summed E-state index contributed by atoms with van der Waals surface area (Å²) in [5.41, 5.74) is -0.343. The maximum atomic E-state index is 11.9. The first-order valence-corrected chi connectivity index (χ1v) is 6.11. The minimum absolute atomic E-state index is 0.0290. The van der Waals surface area contributed by atoms with Crippen molar-refractivity contribution in [2.75, 3.05) is 19.0 Å². The van der Waals surface area contributed by atoms with Crippen molar-refractivity contribution in [3.8, 4) is 0 Å². The van der Waals surface area contributed by atoms with Crippen molar-refractivity contribution >= 4 is 5.82 Å². The molecule has 4 atom stereocenters. The summed E-state index contributed by atoms with van der Waals surface area (Å²) in [5, 5.41) is 12.1. The van der Waals surface area contributed by atoms with E-state index in [0.717, 1.165) is 0 Å². The summed E-state index contributed by atoms with van der Waals surface area (Å²) in [5.74, 6) is 0.895. The zero-order valence-electron chi connectivity index (χ0n) is 10.8. The fourth-order valence-corrected chi connectivity index (χ4v) is 2.30. The molecule has 18 heavy (non-hydrogen) atoms. The summed E-state index contributed by atoms with van der Waals surface area (Å²) in [4.78, 5) is 15.8. The van der Waals surface area contributed by atoms with Crippen LogP contribution in [0.25, 0.3) is 0 Å². The van der Waals surface area contributed by atoms with Crippen molar-refractivity contribution in [3.63, 3.8) is 0 Å². The van der Waals surface area contributed by atoms with Crippen molar-refractivity contribution < 1.29 is 9.84 Å². The van der Waals surface area contributed by atoms with Gasteiger partial charge in [0.15, 0.2) is 0 Å². The molecule has 100 valence electrons. The Kier molecular flexibility index (Phi) is 3.68. The second kappa shape index (κ2) is 5.07. The van der Waals surface area contributed by atoms with Crippen LogP contribution in [-0.4, -0.2) is 34.4 Å². The van der Waals surface area contributed by atoms with E-state index in [4.69, 9.17) is 4.74 Å². The van der Waals surface area contributed by atoms with Crippen LogP contribution in [0.4, 0.5) is 5.82 Å². The third-order valence-corrected chi connectivity index (χ3v) is 3.72. The number of aromatic nitrogens is 2. The summed E-state index contributed by atoms with van der Waals surface area (Å²) < 4.78 is 7.21. The Hall–Kier alpha value is -1.40. The Bertz CT molecular complexity index is 474. The van der Waals surface area contributed by atoms with Gasteiger partial charge in [-0.3, -0.25) is 4.57 Å². The van der Waals surface area contributed by atoms with Crippen LogP contribution in [0.3, 0.4) is 0 Å². The number of hydrogen-bond acceptors (Lipinski definition) is 5. The monoisotopic (exact) mass is 253 g/mol. The molecule has 1 aromatic heterocycles. The maximum Gasteiger partial charge on any atom is 0.351 e. The molecule has 1 aromatic rings. The van der Waals surface area contributed by atoms with E-state index in [1.165, 1.54) is 4.57 Å². The van der Waals surface area contributed by atoms with Crippen LogP contribution < -0.4 is 11.0 Å². The molecule has 1 aliphatic rings. The summed E-state index contributed by atoms with van der Waals surface area (Å²) in [6.07, 6.45) is 1.10. The van der Waals surface area contributed by atoms with Gasteiger partial charge in [0.25, 0.3) is 0 Å². The van der Waals surface area contributed by atoms with E-state index in [-0.39, 0.29) is 36.5 Å². The van der Waals surface area contributed by atoms with E-state index < -0.39 is 0 Å². The SMILES string of the molecule is CNc1ccn([C@@H]2O[C@H](CO)[C@@H](C)C2C)c(=O)n1. The fraction of sp³-hybridized carbons (Fsp3) is 0.667. The molecule has 0 bridgehead atoms. The van der Waals surface area contributed by atoms with Crippen LogP contribution in [-0.2, 0) is 4.74 Å². The average molecular weight is 253 g/mol. The Labute approximate surface area is 106 Å². The molecule has 2 N–H and O–H groups in total. The molecule has 1 unspecified atom stereocenters. The number of aliphatic hydroxyl groups excluding tert-OH is 1. The molecule has 6 heteroatoms. The minimum atomic E-state index is -0.358. The first-order valence-electron chi connectivity index (χ1n) is 6.11. The van der Waals surface area contributed by atoms with E-state index >= 15 is 0 Å². The van der Waals surface area contributed by atoms with Gasteiger partial charge in [-0.05, 0) is 12.0 Å². The molecule has 1 fully saturated rings. The van der Waals surface area contributed by atoms with Crippen LogP contribution in [0.1, 0.15) is 20.1 Å². The lowest BCUT2D eigenvalue weighted by Crippen LogP contribution is -2.29. The maximum absolute atomic E-state index is 11.9. The summed E-state index contributed by atoms with van der Waals surface area (Å²) in [6.45, 7) is 4.01. The molecule has 1 aliphatic heterocycles. The fourth-order valence-electron chi connectivity index (χ4n) is 2.30. The van der Waals surface area contributed by atoms with Gasteiger partial charge < -0.3 is 15.2 Å². The minimum Gasteiger partial charge on any atom is -0.394 e. The van der Waals surface area contributed by atoms with Crippen molar-refractivity contribution in [3.05, 3.63) is 22.7 Å². The smallest absolute Gasteiger partial charge is 0.351 e. The molecule has 2 heterocycles. The van der Waals surface area contributed by atoms with Crippen molar-refractivity contribution in [2.24, 2.45) is 11.8 Å². The Morgan fingerprint density at radius 1 is 1.50 bits per heavy atom. The second-order valence-electron chi connectivity index (χ2n) is 4.72. The van der Waals surface area contributed by atoms with Gasteiger partial charge in [0.2, 0.25) is 0 Å². The molecule has 0 aromatic carbocycles. The van der Waals surface area contributed by atoms with Gasteiger partial charge in [-0.25, -0.2) is 4.79 Å². The van der Waals surface area contributed by atoms with Gasteiger partial charge in [-0.15, -0.1) is 0 Å². The van der Waals surface area contributed by atoms with Crippen molar-refractivity contribution in [2.45, 2.75) is 26.2 Å². The molecular weight excluding hydrogens is 234 g/mol. The van der Waals surface area contributed by atoms with Crippen molar-refractivity contribution in [1.82, 2.24) is 9.55 Å². The highest BCUT2D eigenvalue weighted by Gasteiger charge is 2.40.